The molecule has 25 heavy (non-hydrogen) atoms. The minimum atomic E-state index is -0.357. The van der Waals surface area contributed by atoms with E-state index in [4.69, 9.17) is 15.2 Å². The number of methoxy groups -OCH3 is 2. The molecule has 2 rings (SSSR count). The topological polar surface area (TPSA) is 68.0 Å². The maximum absolute atomic E-state index is 12.3. The van der Waals surface area contributed by atoms with Crippen LogP contribution < -0.4 is 15.2 Å². The average molecular weight is 372 g/mol. The lowest BCUT2D eigenvalue weighted by Crippen LogP contribution is -2.52. The molecular formula is C18H30ClN3O3. The van der Waals surface area contributed by atoms with Crippen molar-refractivity contribution in [1.82, 2.24) is 9.80 Å². The number of halogens is 1. The molecule has 7 heteroatoms. The van der Waals surface area contributed by atoms with E-state index in [2.05, 4.69) is 4.90 Å². The molecule has 1 unspecified atom stereocenters. The summed E-state index contributed by atoms with van der Waals surface area (Å²) in [5.41, 5.74) is 7.10. The van der Waals surface area contributed by atoms with Crippen LogP contribution in [-0.2, 0) is 11.3 Å². The zero-order valence-corrected chi connectivity index (χ0v) is 16.2. The quantitative estimate of drug-likeness (QED) is 0.792. The summed E-state index contributed by atoms with van der Waals surface area (Å²) in [5, 5.41) is 0. The largest absolute Gasteiger partial charge is 0.497 e. The van der Waals surface area contributed by atoms with Crippen LogP contribution in [0.25, 0.3) is 0 Å². The van der Waals surface area contributed by atoms with Crippen molar-refractivity contribution in [3.8, 4) is 11.5 Å². The maximum atomic E-state index is 12.3. The fraction of sp³-hybridized carbons (Fsp3) is 0.611. The van der Waals surface area contributed by atoms with Gasteiger partial charge in [0.1, 0.15) is 11.5 Å². The molecule has 0 bridgehead atoms. The molecule has 2 N–H and O–H groups in total. The van der Waals surface area contributed by atoms with E-state index in [0.29, 0.717) is 0 Å². The standard InChI is InChI=1S/C18H29N3O3.ClH/c1-4-5-17(19)18(22)21-8-6-20(7-9-21)13-14-10-15(23-2)12-16(11-14)24-3;/h10-12,17H,4-9,13,19H2,1-3H3;1H. The van der Waals surface area contributed by atoms with E-state index in [0.717, 1.165) is 62.6 Å². The summed E-state index contributed by atoms with van der Waals surface area (Å²) < 4.78 is 10.6. The smallest absolute Gasteiger partial charge is 0.239 e. The molecule has 1 amide bonds. The van der Waals surface area contributed by atoms with E-state index in [1.807, 2.05) is 30.0 Å². The molecule has 0 spiro atoms. The Kier molecular flexibility index (Phi) is 9.03. The van der Waals surface area contributed by atoms with E-state index < -0.39 is 0 Å². The summed E-state index contributed by atoms with van der Waals surface area (Å²) >= 11 is 0. The molecule has 0 saturated carbocycles. The van der Waals surface area contributed by atoms with E-state index in [9.17, 15) is 4.79 Å². The van der Waals surface area contributed by atoms with Gasteiger partial charge in [0.05, 0.1) is 20.3 Å². The van der Waals surface area contributed by atoms with Gasteiger partial charge < -0.3 is 20.1 Å². The summed E-state index contributed by atoms with van der Waals surface area (Å²) in [6.45, 7) is 6.03. The fourth-order valence-corrected chi connectivity index (χ4v) is 3.01. The van der Waals surface area contributed by atoms with Gasteiger partial charge in [0, 0.05) is 38.8 Å². The average Bonchev–Trinajstić information content (AvgIpc) is 2.61. The van der Waals surface area contributed by atoms with Crippen LogP contribution in [0.1, 0.15) is 25.3 Å². The normalized spacial score (nSPS) is 16.1. The van der Waals surface area contributed by atoms with Crippen molar-refractivity contribution in [3.05, 3.63) is 23.8 Å². The van der Waals surface area contributed by atoms with E-state index in [1.54, 1.807) is 14.2 Å². The Bertz CT molecular complexity index is 526. The number of ether oxygens (including phenoxy) is 2. The summed E-state index contributed by atoms with van der Waals surface area (Å²) in [6, 6.07) is 5.56. The number of rotatable bonds is 7. The highest BCUT2D eigenvalue weighted by molar-refractivity contribution is 5.85. The summed E-state index contributed by atoms with van der Waals surface area (Å²) in [7, 11) is 3.31. The molecule has 1 heterocycles. The molecule has 0 aliphatic carbocycles. The lowest BCUT2D eigenvalue weighted by Gasteiger charge is -2.36. The van der Waals surface area contributed by atoms with Crippen molar-refractivity contribution < 1.29 is 14.3 Å². The predicted molar refractivity (Wildman–Crippen MR) is 102 cm³/mol. The van der Waals surface area contributed by atoms with Gasteiger partial charge in [-0.2, -0.15) is 0 Å². The molecule has 1 saturated heterocycles. The zero-order valence-electron chi connectivity index (χ0n) is 15.4. The van der Waals surface area contributed by atoms with E-state index in [1.165, 1.54) is 0 Å². The SMILES string of the molecule is CCCC(N)C(=O)N1CCN(Cc2cc(OC)cc(OC)c2)CC1.Cl. The van der Waals surface area contributed by atoms with Gasteiger partial charge in [-0.15, -0.1) is 12.4 Å². The highest BCUT2D eigenvalue weighted by atomic mass is 35.5. The second kappa shape index (κ2) is 10.5. The lowest BCUT2D eigenvalue weighted by atomic mass is 10.1. The molecule has 6 nitrogen and oxygen atoms in total. The van der Waals surface area contributed by atoms with Crippen LogP contribution in [0.3, 0.4) is 0 Å². The van der Waals surface area contributed by atoms with Crippen molar-refractivity contribution in [2.75, 3.05) is 40.4 Å². The Morgan fingerprint density at radius 2 is 1.68 bits per heavy atom. The monoisotopic (exact) mass is 371 g/mol. The summed E-state index contributed by atoms with van der Waals surface area (Å²) in [5.74, 6) is 1.67. The third-order valence-corrected chi connectivity index (χ3v) is 4.42. The third-order valence-electron chi connectivity index (χ3n) is 4.42. The third kappa shape index (κ3) is 6.06. The van der Waals surface area contributed by atoms with E-state index in [-0.39, 0.29) is 24.4 Å². The number of carbonyl (C=O) groups is 1. The van der Waals surface area contributed by atoms with Gasteiger partial charge in [-0.1, -0.05) is 13.3 Å². The fourth-order valence-electron chi connectivity index (χ4n) is 3.01. The van der Waals surface area contributed by atoms with Crippen molar-refractivity contribution >= 4 is 18.3 Å². The van der Waals surface area contributed by atoms with Crippen LogP contribution in [0.2, 0.25) is 0 Å². The maximum Gasteiger partial charge on any atom is 0.239 e. The Hall–Kier alpha value is -1.50. The lowest BCUT2D eigenvalue weighted by molar-refractivity contribution is -0.134. The van der Waals surface area contributed by atoms with Gasteiger partial charge in [0.15, 0.2) is 0 Å². The van der Waals surface area contributed by atoms with Crippen LogP contribution in [0.15, 0.2) is 18.2 Å². The van der Waals surface area contributed by atoms with Crippen molar-refractivity contribution in [2.45, 2.75) is 32.4 Å². The first kappa shape index (κ1) is 21.5. The Balaban J connectivity index is 0.00000312. The highest BCUT2D eigenvalue weighted by Crippen LogP contribution is 2.23. The van der Waals surface area contributed by atoms with Gasteiger partial charge in [0.25, 0.3) is 0 Å². The number of carbonyl (C=O) groups excluding carboxylic acids is 1. The number of piperazine rings is 1. The van der Waals surface area contributed by atoms with Gasteiger partial charge in [-0.3, -0.25) is 9.69 Å². The molecular weight excluding hydrogens is 342 g/mol. The molecule has 1 aromatic rings. The minimum Gasteiger partial charge on any atom is -0.497 e. The number of hydrogen-bond donors (Lipinski definition) is 1. The molecule has 1 aliphatic heterocycles. The second-order valence-electron chi connectivity index (χ2n) is 6.22. The van der Waals surface area contributed by atoms with Crippen LogP contribution in [-0.4, -0.2) is 62.1 Å². The van der Waals surface area contributed by atoms with Crippen molar-refractivity contribution in [3.63, 3.8) is 0 Å². The van der Waals surface area contributed by atoms with Gasteiger partial charge >= 0.3 is 0 Å². The first-order valence-electron chi connectivity index (χ1n) is 8.56. The summed E-state index contributed by atoms with van der Waals surface area (Å²) in [4.78, 5) is 16.5. The Morgan fingerprint density at radius 3 is 2.16 bits per heavy atom. The zero-order chi connectivity index (χ0) is 17.5. The molecule has 1 fully saturated rings. The van der Waals surface area contributed by atoms with Crippen molar-refractivity contribution in [2.24, 2.45) is 5.73 Å². The van der Waals surface area contributed by atoms with Crippen LogP contribution in [0.4, 0.5) is 0 Å². The molecule has 0 aromatic heterocycles. The van der Waals surface area contributed by atoms with Crippen LogP contribution >= 0.6 is 12.4 Å². The number of benzene rings is 1. The molecule has 142 valence electrons. The van der Waals surface area contributed by atoms with Gasteiger partial charge in [-0.05, 0) is 24.1 Å². The number of hydrogen-bond acceptors (Lipinski definition) is 5. The Labute approximate surface area is 156 Å². The van der Waals surface area contributed by atoms with Crippen molar-refractivity contribution in [1.29, 1.82) is 0 Å². The highest BCUT2D eigenvalue weighted by Gasteiger charge is 2.24. The first-order chi connectivity index (χ1) is 11.6. The second-order valence-corrected chi connectivity index (χ2v) is 6.22. The van der Waals surface area contributed by atoms with E-state index >= 15 is 0 Å². The number of nitrogens with two attached hydrogens (primary N) is 1. The molecule has 1 aromatic carbocycles. The first-order valence-corrected chi connectivity index (χ1v) is 8.56. The number of nitrogens with zero attached hydrogens (tertiary/aromatic N) is 2. The predicted octanol–water partition coefficient (Wildman–Crippen LogP) is 1.90. The van der Waals surface area contributed by atoms with Crippen LogP contribution in [0, 0.1) is 0 Å². The minimum absolute atomic E-state index is 0. The molecule has 1 aliphatic rings. The Morgan fingerprint density at radius 1 is 1.12 bits per heavy atom. The number of amides is 1. The molecule has 0 radical (unpaired) electrons. The van der Waals surface area contributed by atoms with Gasteiger partial charge in [-0.25, -0.2) is 0 Å². The van der Waals surface area contributed by atoms with Crippen LogP contribution in [0.5, 0.6) is 11.5 Å². The molecule has 1 atom stereocenters. The van der Waals surface area contributed by atoms with Gasteiger partial charge in [0.2, 0.25) is 5.91 Å². The summed E-state index contributed by atoms with van der Waals surface area (Å²) in [6.07, 6.45) is 1.69.